The van der Waals surface area contributed by atoms with Crippen LogP contribution in [-0.2, 0) is 0 Å². The van der Waals surface area contributed by atoms with Crippen LogP contribution in [0, 0.1) is 0 Å². The fourth-order valence-electron chi connectivity index (χ4n) is 7.38. The average molecular weight is 670 g/mol. The highest BCUT2D eigenvalue weighted by atomic mass is 32.1. The van der Waals surface area contributed by atoms with Crippen molar-refractivity contribution >= 4 is 70.5 Å². The molecule has 10 aromatic rings. The van der Waals surface area contributed by atoms with Gasteiger partial charge in [-0.3, -0.25) is 0 Å². The van der Waals surface area contributed by atoms with Crippen LogP contribution in [-0.4, -0.2) is 0 Å². The van der Waals surface area contributed by atoms with Crippen molar-refractivity contribution in [3.05, 3.63) is 188 Å². The molecule has 0 radical (unpaired) electrons. The molecule has 0 unspecified atom stereocenters. The number of thiophene rings is 1. The van der Waals surface area contributed by atoms with E-state index in [-0.39, 0.29) is 0 Å². The minimum Gasteiger partial charge on any atom is -0.456 e. The van der Waals surface area contributed by atoms with Crippen LogP contribution >= 0.6 is 11.3 Å². The smallest absolute Gasteiger partial charge is 0.136 e. The maximum absolute atomic E-state index is 6.36. The van der Waals surface area contributed by atoms with Crippen LogP contribution in [0.1, 0.15) is 0 Å². The van der Waals surface area contributed by atoms with E-state index in [1.54, 1.807) is 0 Å². The largest absolute Gasteiger partial charge is 0.456 e. The minimum absolute atomic E-state index is 0.892. The number of hydrogen-bond acceptors (Lipinski definition) is 3. The van der Waals surface area contributed by atoms with E-state index in [1.165, 1.54) is 36.9 Å². The molecule has 2 nitrogen and oxygen atoms in total. The standard InChI is InChI=1S/C48H31NOS/c1-3-12-32(13-4-1)34-22-25-38(26-23-34)49(44-19-11-18-43-42-17-8-10-21-47(42)51-48(43)44)39-29-36(33-14-5-2-6-15-33)28-37(30-39)35-24-27-41-40-16-7-9-20-45(40)50-46(41)31-35/h1-31H. The molecule has 2 heterocycles. The van der Waals surface area contributed by atoms with Gasteiger partial charge in [0.25, 0.3) is 0 Å². The number of nitrogens with zero attached hydrogens (tertiary/aromatic N) is 1. The van der Waals surface area contributed by atoms with Gasteiger partial charge in [-0.05, 0) is 94.0 Å². The van der Waals surface area contributed by atoms with Gasteiger partial charge in [0.15, 0.2) is 0 Å². The van der Waals surface area contributed by atoms with E-state index in [4.69, 9.17) is 4.42 Å². The number of rotatable bonds is 6. The second-order valence-corrected chi connectivity index (χ2v) is 14.0. The highest BCUT2D eigenvalue weighted by Crippen LogP contribution is 2.46. The lowest BCUT2D eigenvalue weighted by Crippen LogP contribution is -2.10. The van der Waals surface area contributed by atoms with Crippen molar-refractivity contribution in [3.63, 3.8) is 0 Å². The SMILES string of the molecule is c1ccc(-c2ccc(N(c3cc(-c4ccccc4)cc(-c4ccc5c(c4)oc4ccccc45)c3)c3cccc4c3sc3ccccc34)cc2)cc1. The van der Waals surface area contributed by atoms with Crippen LogP contribution in [0.25, 0.3) is 75.5 Å². The molecule has 3 heteroatoms. The van der Waals surface area contributed by atoms with E-state index >= 15 is 0 Å². The molecule has 0 aliphatic rings. The first-order valence-electron chi connectivity index (χ1n) is 17.2. The van der Waals surface area contributed by atoms with Crippen molar-refractivity contribution in [1.82, 2.24) is 0 Å². The highest BCUT2D eigenvalue weighted by Gasteiger charge is 2.20. The monoisotopic (exact) mass is 669 g/mol. The first-order chi connectivity index (χ1) is 25.3. The van der Waals surface area contributed by atoms with Crippen molar-refractivity contribution in [2.45, 2.75) is 0 Å². The summed E-state index contributed by atoms with van der Waals surface area (Å²) >= 11 is 1.86. The maximum Gasteiger partial charge on any atom is 0.136 e. The molecular formula is C48H31NOS. The van der Waals surface area contributed by atoms with E-state index in [0.29, 0.717) is 0 Å². The Kier molecular flexibility index (Phi) is 7.04. The van der Waals surface area contributed by atoms with E-state index in [9.17, 15) is 0 Å². The summed E-state index contributed by atoms with van der Waals surface area (Å²) in [6.07, 6.45) is 0. The number of para-hydroxylation sites is 1. The van der Waals surface area contributed by atoms with E-state index in [0.717, 1.165) is 55.7 Å². The van der Waals surface area contributed by atoms with Gasteiger partial charge in [-0.25, -0.2) is 0 Å². The lowest BCUT2D eigenvalue weighted by molar-refractivity contribution is 0.669. The van der Waals surface area contributed by atoms with Crippen LogP contribution < -0.4 is 4.90 Å². The minimum atomic E-state index is 0.892. The molecule has 2 aromatic heterocycles. The molecule has 51 heavy (non-hydrogen) atoms. The first kappa shape index (κ1) is 29.5. The predicted molar refractivity (Wildman–Crippen MR) is 218 cm³/mol. The summed E-state index contributed by atoms with van der Waals surface area (Å²) in [7, 11) is 0. The Labute approximate surface area is 300 Å². The predicted octanol–water partition coefficient (Wildman–Crippen LogP) is 14.4. The first-order valence-corrected chi connectivity index (χ1v) is 18.1. The van der Waals surface area contributed by atoms with Crippen LogP contribution in [0.2, 0.25) is 0 Å². The van der Waals surface area contributed by atoms with Crippen molar-refractivity contribution in [1.29, 1.82) is 0 Å². The van der Waals surface area contributed by atoms with Gasteiger partial charge in [0, 0.05) is 37.6 Å². The van der Waals surface area contributed by atoms with Crippen molar-refractivity contribution in [2.24, 2.45) is 0 Å². The molecule has 0 N–H and O–H groups in total. The highest BCUT2D eigenvalue weighted by molar-refractivity contribution is 7.26. The van der Waals surface area contributed by atoms with Gasteiger partial charge in [0.05, 0.1) is 10.4 Å². The summed E-state index contributed by atoms with van der Waals surface area (Å²) < 4.78 is 8.92. The Hall–Kier alpha value is -6.42. The van der Waals surface area contributed by atoms with Crippen molar-refractivity contribution < 1.29 is 4.42 Å². The molecule has 0 aliphatic carbocycles. The van der Waals surface area contributed by atoms with Crippen LogP contribution in [0.15, 0.2) is 192 Å². The average Bonchev–Trinajstić information content (AvgIpc) is 3.77. The number of fused-ring (bicyclic) bond motifs is 6. The van der Waals surface area contributed by atoms with Crippen LogP contribution in [0.5, 0.6) is 0 Å². The maximum atomic E-state index is 6.36. The number of hydrogen-bond donors (Lipinski definition) is 0. The Morgan fingerprint density at radius 2 is 0.941 bits per heavy atom. The van der Waals surface area contributed by atoms with Gasteiger partial charge in [0.1, 0.15) is 11.2 Å². The van der Waals surface area contributed by atoms with Gasteiger partial charge in [-0.15, -0.1) is 11.3 Å². The Morgan fingerprint density at radius 1 is 0.353 bits per heavy atom. The zero-order valence-electron chi connectivity index (χ0n) is 27.7. The lowest BCUT2D eigenvalue weighted by atomic mass is 9.96. The second kappa shape index (κ2) is 12.2. The number of furan rings is 1. The third-order valence-electron chi connectivity index (χ3n) is 9.85. The summed E-state index contributed by atoms with van der Waals surface area (Å²) in [5.74, 6) is 0. The summed E-state index contributed by atoms with van der Waals surface area (Å²) in [4.78, 5) is 2.43. The second-order valence-electron chi connectivity index (χ2n) is 12.9. The molecule has 0 saturated carbocycles. The fraction of sp³-hybridized carbons (Fsp3) is 0. The molecule has 0 fully saturated rings. The summed E-state index contributed by atoms with van der Waals surface area (Å²) in [5.41, 5.74) is 12.1. The topological polar surface area (TPSA) is 16.4 Å². The molecule has 0 saturated heterocycles. The quantitative estimate of drug-likeness (QED) is 0.175. The summed E-state index contributed by atoms with van der Waals surface area (Å²) in [5, 5.41) is 4.83. The molecule has 0 bridgehead atoms. The fourth-order valence-corrected chi connectivity index (χ4v) is 8.59. The molecule has 0 amide bonds. The molecule has 0 aliphatic heterocycles. The van der Waals surface area contributed by atoms with E-state index < -0.39 is 0 Å². The lowest BCUT2D eigenvalue weighted by Gasteiger charge is -2.27. The Morgan fingerprint density at radius 3 is 1.73 bits per heavy atom. The Balaban J connectivity index is 1.21. The van der Waals surface area contributed by atoms with Crippen LogP contribution in [0.3, 0.4) is 0 Å². The van der Waals surface area contributed by atoms with Crippen LogP contribution in [0.4, 0.5) is 17.1 Å². The van der Waals surface area contributed by atoms with Gasteiger partial charge in [-0.1, -0.05) is 127 Å². The molecule has 240 valence electrons. The molecule has 8 aromatic carbocycles. The van der Waals surface area contributed by atoms with Crippen molar-refractivity contribution in [3.8, 4) is 33.4 Å². The number of benzene rings is 8. The third kappa shape index (κ3) is 5.18. The molecule has 0 spiro atoms. The zero-order valence-corrected chi connectivity index (χ0v) is 28.5. The third-order valence-corrected chi connectivity index (χ3v) is 11.1. The molecule has 0 atom stereocenters. The van der Waals surface area contributed by atoms with Crippen molar-refractivity contribution in [2.75, 3.05) is 4.90 Å². The molecule has 10 rings (SSSR count). The molecular weight excluding hydrogens is 639 g/mol. The summed E-state index contributed by atoms with van der Waals surface area (Å²) in [6.45, 7) is 0. The summed E-state index contributed by atoms with van der Waals surface area (Å²) in [6, 6.07) is 67.5. The van der Waals surface area contributed by atoms with E-state index in [2.05, 4.69) is 181 Å². The van der Waals surface area contributed by atoms with Gasteiger partial charge in [-0.2, -0.15) is 0 Å². The normalized spacial score (nSPS) is 11.5. The van der Waals surface area contributed by atoms with Gasteiger partial charge in [0.2, 0.25) is 0 Å². The number of anilines is 3. The van der Waals surface area contributed by atoms with Gasteiger partial charge < -0.3 is 9.32 Å². The van der Waals surface area contributed by atoms with E-state index in [1.807, 2.05) is 23.5 Å². The Bertz CT molecular complexity index is 2850. The van der Waals surface area contributed by atoms with Gasteiger partial charge >= 0.3 is 0 Å². The zero-order chi connectivity index (χ0) is 33.7.